The van der Waals surface area contributed by atoms with Crippen LogP contribution in [0.15, 0.2) is 43.2 Å². The van der Waals surface area contributed by atoms with Gasteiger partial charge in [-0.05, 0) is 47.4 Å². The van der Waals surface area contributed by atoms with Crippen molar-refractivity contribution in [3.05, 3.63) is 49.1 Å². The summed E-state index contributed by atoms with van der Waals surface area (Å²) in [7, 11) is 0. The fourth-order valence-electron chi connectivity index (χ4n) is 3.85. The lowest BCUT2D eigenvalue weighted by Gasteiger charge is -2.33. The normalized spacial score (nSPS) is 16.3. The van der Waals surface area contributed by atoms with E-state index in [0.717, 1.165) is 31.7 Å². The molecule has 1 aromatic carbocycles. The Balaban J connectivity index is 1.17. The molecular weight excluding hydrogens is 417 g/mol. The number of carbonyl (C=O) groups is 1. The molecule has 2 amide bonds. The fraction of sp³-hybridized carbons (Fsp3) is 0.316. The summed E-state index contributed by atoms with van der Waals surface area (Å²) in [6.45, 7) is 2.10. The van der Waals surface area contributed by atoms with Gasteiger partial charge in [-0.1, -0.05) is 0 Å². The Morgan fingerprint density at radius 3 is 3.03 bits per heavy atom. The van der Waals surface area contributed by atoms with Crippen molar-refractivity contribution in [3.8, 4) is 5.69 Å². The minimum absolute atomic E-state index is 0.194. The van der Waals surface area contributed by atoms with Crippen LogP contribution in [0.1, 0.15) is 12.8 Å². The van der Waals surface area contributed by atoms with Gasteiger partial charge in [0, 0.05) is 37.7 Å². The van der Waals surface area contributed by atoms with Crippen molar-refractivity contribution in [2.24, 2.45) is 5.92 Å². The zero-order valence-electron chi connectivity index (χ0n) is 17.0. The monoisotopic (exact) mass is 437 g/mol. The number of hydrogen-bond donors (Lipinski definition) is 2. The second kappa shape index (κ2) is 8.53. The third-order valence-corrected chi connectivity index (χ3v) is 5.37. The van der Waals surface area contributed by atoms with Crippen molar-refractivity contribution in [2.75, 3.05) is 29.9 Å². The number of anilines is 2. The van der Waals surface area contributed by atoms with Gasteiger partial charge in [0.05, 0.1) is 0 Å². The molecule has 1 saturated heterocycles. The first-order valence-electron chi connectivity index (χ1n) is 10.1. The molecule has 0 spiro atoms. The molecular formula is C19H20FN11O. The molecule has 5 rings (SSSR count). The molecule has 0 radical (unpaired) electrons. The number of fused-ring (bicyclic) bond motifs is 1. The van der Waals surface area contributed by atoms with Gasteiger partial charge < -0.3 is 15.5 Å². The van der Waals surface area contributed by atoms with Gasteiger partial charge in [0.2, 0.25) is 5.65 Å². The van der Waals surface area contributed by atoms with E-state index in [1.165, 1.54) is 23.1 Å². The molecule has 1 fully saturated rings. The first kappa shape index (κ1) is 19.8. The highest BCUT2D eigenvalue weighted by Crippen LogP contribution is 2.24. The first-order valence-corrected chi connectivity index (χ1v) is 10.1. The van der Waals surface area contributed by atoms with E-state index in [1.54, 1.807) is 18.6 Å². The Hall–Kier alpha value is -4.16. The molecule has 1 aliphatic heterocycles. The van der Waals surface area contributed by atoms with Crippen molar-refractivity contribution in [1.82, 2.24) is 45.1 Å². The molecule has 4 heterocycles. The zero-order chi connectivity index (χ0) is 21.9. The predicted molar refractivity (Wildman–Crippen MR) is 112 cm³/mol. The summed E-state index contributed by atoms with van der Waals surface area (Å²) in [6, 6.07) is 3.92. The van der Waals surface area contributed by atoms with Crippen molar-refractivity contribution in [3.63, 3.8) is 0 Å². The summed E-state index contributed by atoms with van der Waals surface area (Å²) in [5.74, 6) is 0.490. The Kier molecular flexibility index (Phi) is 5.27. The smallest absolute Gasteiger partial charge is 0.319 e. The number of rotatable bonds is 5. The fourth-order valence-corrected chi connectivity index (χ4v) is 3.85. The lowest BCUT2D eigenvalue weighted by Crippen LogP contribution is -2.42. The van der Waals surface area contributed by atoms with E-state index in [0.29, 0.717) is 17.9 Å². The number of amides is 2. The van der Waals surface area contributed by atoms with Crippen LogP contribution in [0, 0.1) is 11.7 Å². The van der Waals surface area contributed by atoms with Crippen LogP contribution in [0.3, 0.4) is 0 Å². The second-order valence-corrected chi connectivity index (χ2v) is 7.52. The number of carbonyl (C=O) groups excluding carboxylic acids is 1. The highest BCUT2D eigenvalue weighted by molar-refractivity contribution is 5.89. The molecule has 164 valence electrons. The molecule has 1 atom stereocenters. The van der Waals surface area contributed by atoms with E-state index in [4.69, 9.17) is 0 Å². The first-order chi connectivity index (χ1) is 15.7. The summed E-state index contributed by atoms with van der Waals surface area (Å²) < 4.78 is 17.4. The third kappa shape index (κ3) is 4.04. The number of urea groups is 1. The maximum atomic E-state index is 14.3. The number of nitrogens with zero attached hydrogens (tertiary/aromatic N) is 9. The molecule has 0 aliphatic carbocycles. The highest BCUT2D eigenvalue weighted by Gasteiger charge is 2.23. The van der Waals surface area contributed by atoms with Gasteiger partial charge in [-0.3, -0.25) is 4.40 Å². The van der Waals surface area contributed by atoms with Crippen molar-refractivity contribution in [2.45, 2.75) is 12.8 Å². The van der Waals surface area contributed by atoms with E-state index < -0.39 is 11.8 Å². The maximum Gasteiger partial charge on any atom is 0.319 e. The van der Waals surface area contributed by atoms with Gasteiger partial charge in [0.25, 0.3) is 0 Å². The molecule has 2 N–H and O–H groups in total. The quantitative estimate of drug-likeness (QED) is 0.477. The molecule has 12 nitrogen and oxygen atoms in total. The van der Waals surface area contributed by atoms with Gasteiger partial charge in [0.15, 0.2) is 11.6 Å². The third-order valence-electron chi connectivity index (χ3n) is 5.37. The summed E-state index contributed by atoms with van der Waals surface area (Å²) in [5.41, 5.74) is 1.25. The Morgan fingerprint density at radius 2 is 2.19 bits per heavy atom. The lowest BCUT2D eigenvalue weighted by molar-refractivity contribution is 0.249. The number of nitrogens with one attached hydrogen (secondary N) is 2. The summed E-state index contributed by atoms with van der Waals surface area (Å²) >= 11 is 0. The van der Waals surface area contributed by atoms with Gasteiger partial charge in [-0.25, -0.2) is 14.2 Å². The van der Waals surface area contributed by atoms with Crippen LogP contribution in [0.2, 0.25) is 0 Å². The van der Waals surface area contributed by atoms with Crippen LogP contribution in [-0.4, -0.2) is 65.5 Å². The number of piperidine rings is 1. The van der Waals surface area contributed by atoms with Crippen LogP contribution < -0.4 is 15.5 Å². The largest absolute Gasteiger partial charge is 0.353 e. The predicted octanol–water partition coefficient (Wildman–Crippen LogP) is 1.28. The van der Waals surface area contributed by atoms with E-state index in [-0.39, 0.29) is 11.6 Å². The van der Waals surface area contributed by atoms with E-state index in [1.807, 2.05) is 10.6 Å². The minimum atomic E-state index is -0.548. The van der Waals surface area contributed by atoms with Crippen LogP contribution in [-0.2, 0) is 0 Å². The molecule has 32 heavy (non-hydrogen) atoms. The van der Waals surface area contributed by atoms with E-state index in [9.17, 15) is 9.18 Å². The number of tetrazole rings is 1. The number of halogens is 1. The lowest BCUT2D eigenvalue weighted by atomic mass is 9.98. The maximum absolute atomic E-state index is 14.3. The highest BCUT2D eigenvalue weighted by atomic mass is 19.1. The number of benzene rings is 1. The molecule has 4 aromatic rings. The van der Waals surface area contributed by atoms with Crippen LogP contribution >= 0.6 is 0 Å². The van der Waals surface area contributed by atoms with Gasteiger partial charge in [-0.2, -0.15) is 4.68 Å². The molecule has 0 saturated carbocycles. The summed E-state index contributed by atoms with van der Waals surface area (Å²) in [6.07, 6.45) is 8.45. The number of aromatic nitrogens is 8. The Bertz CT molecular complexity index is 1230. The summed E-state index contributed by atoms with van der Waals surface area (Å²) in [5, 5.41) is 24.3. The van der Waals surface area contributed by atoms with E-state index in [2.05, 4.69) is 46.2 Å². The molecule has 13 heteroatoms. The van der Waals surface area contributed by atoms with Crippen LogP contribution in [0.25, 0.3) is 11.3 Å². The zero-order valence-corrected chi connectivity index (χ0v) is 17.0. The number of hydrogen-bond acceptors (Lipinski definition) is 8. The average molecular weight is 437 g/mol. The van der Waals surface area contributed by atoms with Crippen LogP contribution in [0.4, 0.5) is 20.7 Å². The molecule has 0 bridgehead atoms. The topological polar surface area (TPSA) is 131 Å². The van der Waals surface area contributed by atoms with E-state index >= 15 is 0 Å². The summed E-state index contributed by atoms with van der Waals surface area (Å²) in [4.78, 5) is 19.0. The van der Waals surface area contributed by atoms with Crippen molar-refractivity contribution >= 4 is 23.2 Å². The Labute approximate surface area is 181 Å². The minimum Gasteiger partial charge on any atom is -0.353 e. The standard InChI is InChI=1S/C19H20FN11O/c20-15-8-14(3-4-16(15)31-12-24-27-28-31)25-19(32)22-9-13-2-1-6-29(10-13)17-18-26-23-11-30(18)7-5-21-17/h3-5,7-8,11-13H,1-2,6,9-10H2,(H2,22,25,32). The average Bonchev–Trinajstić information content (AvgIpc) is 3.50. The SMILES string of the molecule is O=C(NCC1CCCN(c2nccn3cnnc23)C1)Nc1ccc(-n2cnnn2)c(F)c1. The van der Waals surface area contributed by atoms with Gasteiger partial charge in [-0.15, -0.1) is 15.3 Å². The molecule has 3 aromatic heterocycles. The Morgan fingerprint density at radius 1 is 1.25 bits per heavy atom. The van der Waals surface area contributed by atoms with Gasteiger partial charge >= 0.3 is 6.03 Å². The van der Waals surface area contributed by atoms with Crippen molar-refractivity contribution < 1.29 is 9.18 Å². The van der Waals surface area contributed by atoms with Crippen LogP contribution in [0.5, 0.6) is 0 Å². The molecule has 1 unspecified atom stereocenters. The molecule has 1 aliphatic rings. The van der Waals surface area contributed by atoms with Crippen molar-refractivity contribution in [1.29, 1.82) is 0 Å². The second-order valence-electron chi connectivity index (χ2n) is 7.52. The van der Waals surface area contributed by atoms with Gasteiger partial charge in [0.1, 0.15) is 18.3 Å².